The first-order chi connectivity index (χ1) is 12.7. The van der Waals surface area contributed by atoms with E-state index in [4.69, 9.17) is 18.9 Å². The molecule has 1 aliphatic heterocycles. The third kappa shape index (κ3) is 5.22. The molecule has 0 amide bonds. The molecule has 146 valence electrons. The number of rotatable bonds is 6. The SMILES string of the molecule is CCOc1cc(C=C2C(=O)OC(C)(C)OC2=O)cc(Br)c1OCC(=O)OC. The number of hydrogen-bond donors (Lipinski definition) is 0. The van der Waals surface area contributed by atoms with Gasteiger partial charge in [0.25, 0.3) is 5.79 Å². The predicted octanol–water partition coefficient (Wildman–Crippen LogP) is 2.62. The van der Waals surface area contributed by atoms with E-state index in [0.29, 0.717) is 28.1 Å². The molecule has 1 heterocycles. The van der Waals surface area contributed by atoms with Crippen molar-refractivity contribution in [2.45, 2.75) is 26.6 Å². The third-order valence-corrected chi connectivity index (χ3v) is 3.91. The largest absolute Gasteiger partial charge is 0.490 e. The van der Waals surface area contributed by atoms with Gasteiger partial charge in [-0.1, -0.05) is 0 Å². The van der Waals surface area contributed by atoms with Crippen LogP contribution in [-0.2, 0) is 28.6 Å². The number of methoxy groups -OCH3 is 1. The number of halogens is 1. The van der Waals surface area contributed by atoms with Gasteiger partial charge in [0.05, 0.1) is 18.2 Å². The van der Waals surface area contributed by atoms with Gasteiger partial charge in [-0.05, 0) is 46.6 Å². The van der Waals surface area contributed by atoms with E-state index in [1.54, 1.807) is 19.1 Å². The van der Waals surface area contributed by atoms with E-state index >= 15 is 0 Å². The topological polar surface area (TPSA) is 97.4 Å². The quantitative estimate of drug-likeness (QED) is 0.376. The van der Waals surface area contributed by atoms with Crippen LogP contribution in [0, 0.1) is 0 Å². The summed E-state index contributed by atoms with van der Waals surface area (Å²) in [4.78, 5) is 35.5. The van der Waals surface area contributed by atoms with Crippen molar-refractivity contribution < 1.29 is 38.1 Å². The van der Waals surface area contributed by atoms with E-state index in [1.807, 2.05) is 0 Å². The molecule has 0 aromatic heterocycles. The Labute approximate surface area is 164 Å². The molecule has 0 spiro atoms. The Kier molecular flexibility index (Phi) is 6.48. The summed E-state index contributed by atoms with van der Waals surface area (Å²) < 4.78 is 26.1. The van der Waals surface area contributed by atoms with Crippen LogP contribution in [0.25, 0.3) is 6.08 Å². The van der Waals surface area contributed by atoms with Crippen LogP contribution in [0.15, 0.2) is 22.2 Å². The van der Waals surface area contributed by atoms with Crippen LogP contribution in [0.1, 0.15) is 26.3 Å². The molecule has 0 atom stereocenters. The fraction of sp³-hybridized carbons (Fsp3) is 0.389. The highest BCUT2D eigenvalue weighted by Crippen LogP contribution is 2.38. The molecular formula is C18H19BrO8. The average molecular weight is 443 g/mol. The summed E-state index contributed by atoms with van der Waals surface area (Å²) in [6.45, 7) is 4.75. The Morgan fingerprint density at radius 3 is 2.37 bits per heavy atom. The summed E-state index contributed by atoms with van der Waals surface area (Å²) in [5.41, 5.74) is 0.228. The lowest BCUT2D eigenvalue weighted by atomic mass is 10.1. The monoisotopic (exact) mass is 442 g/mol. The number of carbonyl (C=O) groups is 3. The standard InChI is InChI=1S/C18H19BrO8/c1-5-24-13-8-10(7-12(19)15(13)25-9-14(20)23-4)6-11-16(21)26-18(2,3)27-17(11)22/h6-8H,5,9H2,1-4H3. The summed E-state index contributed by atoms with van der Waals surface area (Å²) >= 11 is 3.33. The smallest absolute Gasteiger partial charge is 0.348 e. The molecule has 1 saturated heterocycles. The second kappa shape index (κ2) is 8.43. The van der Waals surface area contributed by atoms with E-state index in [1.165, 1.54) is 27.0 Å². The zero-order valence-electron chi connectivity index (χ0n) is 15.3. The van der Waals surface area contributed by atoms with Gasteiger partial charge in [0.1, 0.15) is 5.57 Å². The molecular weight excluding hydrogens is 424 g/mol. The van der Waals surface area contributed by atoms with Crippen molar-refractivity contribution in [3.8, 4) is 11.5 Å². The normalized spacial score (nSPS) is 15.5. The molecule has 0 N–H and O–H groups in total. The Hall–Kier alpha value is -2.55. The van der Waals surface area contributed by atoms with Gasteiger partial charge >= 0.3 is 17.9 Å². The van der Waals surface area contributed by atoms with Crippen molar-refractivity contribution in [3.05, 3.63) is 27.7 Å². The van der Waals surface area contributed by atoms with Crippen LogP contribution in [0.5, 0.6) is 11.5 Å². The van der Waals surface area contributed by atoms with Crippen LogP contribution in [-0.4, -0.2) is 44.0 Å². The number of benzene rings is 1. The van der Waals surface area contributed by atoms with E-state index in [2.05, 4.69) is 20.7 Å². The summed E-state index contributed by atoms with van der Waals surface area (Å²) in [5.74, 6) is -2.81. The highest BCUT2D eigenvalue weighted by Gasteiger charge is 2.38. The maximum Gasteiger partial charge on any atom is 0.348 e. The van der Waals surface area contributed by atoms with Crippen molar-refractivity contribution in [2.24, 2.45) is 0 Å². The fourth-order valence-electron chi connectivity index (χ4n) is 2.21. The first kappa shape index (κ1) is 20.8. The molecule has 1 aromatic carbocycles. The number of cyclic esters (lactones) is 2. The number of hydrogen-bond acceptors (Lipinski definition) is 8. The van der Waals surface area contributed by atoms with Crippen molar-refractivity contribution in [1.29, 1.82) is 0 Å². The summed E-state index contributed by atoms with van der Waals surface area (Å²) in [6.07, 6.45) is 1.33. The van der Waals surface area contributed by atoms with Gasteiger partial charge in [0, 0.05) is 13.8 Å². The molecule has 0 aliphatic carbocycles. The molecule has 9 heteroatoms. The second-order valence-corrected chi connectivity index (χ2v) is 6.72. The zero-order chi connectivity index (χ0) is 20.2. The summed E-state index contributed by atoms with van der Waals surface area (Å²) in [7, 11) is 1.25. The Bertz CT molecular complexity index is 775. The van der Waals surface area contributed by atoms with Crippen molar-refractivity contribution in [2.75, 3.05) is 20.3 Å². The molecule has 0 radical (unpaired) electrons. The van der Waals surface area contributed by atoms with E-state index in [0.717, 1.165) is 0 Å². The maximum absolute atomic E-state index is 12.1. The minimum atomic E-state index is -1.31. The third-order valence-electron chi connectivity index (χ3n) is 3.32. The minimum absolute atomic E-state index is 0.244. The van der Waals surface area contributed by atoms with Crippen LogP contribution in [0.2, 0.25) is 0 Å². The average Bonchev–Trinajstić information content (AvgIpc) is 2.56. The molecule has 27 heavy (non-hydrogen) atoms. The Morgan fingerprint density at radius 2 is 1.81 bits per heavy atom. The first-order valence-corrected chi connectivity index (χ1v) is 8.80. The molecule has 8 nitrogen and oxygen atoms in total. The predicted molar refractivity (Wildman–Crippen MR) is 97.1 cm³/mol. The van der Waals surface area contributed by atoms with Gasteiger partial charge in [-0.15, -0.1) is 0 Å². The Morgan fingerprint density at radius 1 is 1.19 bits per heavy atom. The lowest BCUT2D eigenvalue weighted by Crippen LogP contribution is -2.41. The fourth-order valence-corrected chi connectivity index (χ4v) is 2.78. The number of carbonyl (C=O) groups excluding carboxylic acids is 3. The van der Waals surface area contributed by atoms with Gasteiger partial charge < -0.3 is 23.7 Å². The van der Waals surface area contributed by atoms with E-state index in [-0.39, 0.29) is 12.2 Å². The highest BCUT2D eigenvalue weighted by molar-refractivity contribution is 9.10. The molecule has 0 bridgehead atoms. The van der Waals surface area contributed by atoms with E-state index in [9.17, 15) is 14.4 Å². The number of esters is 3. The first-order valence-electron chi connectivity index (χ1n) is 8.01. The van der Waals surface area contributed by atoms with Crippen molar-refractivity contribution in [3.63, 3.8) is 0 Å². The second-order valence-electron chi connectivity index (χ2n) is 5.86. The lowest BCUT2D eigenvalue weighted by molar-refractivity contribution is -0.222. The van der Waals surface area contributed by atoms with Crippen molar-refractivity contribution >= 4 is 39.9 Å². The van der Waals surface area contributed by atoms with Crippen LogP contribution < -0.4 is 9.47 Å². The zero-order valence-corrected chi connectivity index (χ0v) is 16.9. The van der Waals surface area contributed by atoms with Crippen LogP contribution in [0.3, 0.4) is 0 Å². The van der Waals surface area contributed by atoms with Gasteiger partial charge in [-0.3, -0.25) is 0 Å². The minimum Gasteiger partial charge on any atom is -0.490 e. The highest BCUT2D eigenvalue weighted by atomic mass is 79.9. The Balaban J connectivity index is 2.37. The van der Waals surface area contributed by atoms with Crippen LogP contribution in [0.4, 0.5) is 0 Å². The summed E-state index contributed by atoms with van der Waals surface area (Å²) in [5, 5.41) is 0. The van der Waals surface area contributed by atoms with Gasteiger partial charge in [-0.25, -0.2) is 14.4 Å². The van der Waals surface area contributed by atoms with Gasteiger partial charge in [-0.2, -0.15) is 0 Å². The van der Waals surface area contributed by atoms with Crippen molar-refractivity contribution in [1.82, 2.24) is 0 Å². The van der Waals surface area contributed by atoms with Gasteiger partial charge in [0.2, 0.25) is 0 Å². The molecule has 2 rings (SSSR count). The maximum atomic E-state index is 12.1. The number of ether oxygens (including phenoxy) is 5. The van der Waals surface area contributed by atoms with Gasteiger partial charge in [0.15, 0.2) is 18.1 Å². The molecule has 0 unspecified atom stereocenters. The molecule has 1 fully saturated rings. The molecule has 1 aromatic rings. The molecule has 0 saturated carbocycles. The molecule has 1 aliphatic rings. The summed E-state index contributed by atoms with van der Waals surface area (Å²) in [6, 6.07) is 3.16. The van der Waals surface area contributed by atoms with Crippen LogP contribution >= 0.6 is 15.9 Å². The lowest BCUT2D eigenvalue weighted by Gasteiger charge is -2.29. The van der Waals surface area contributed by atoms with E-state index < -0.39 is 23.7 Å².